The Kier molecular flexibility index (Phi) is 2.84. The van der Waals surface area contributed by atoms with Crippen molar-refractivity contribution >= 4 is 32.8 Å². The Morgan fingerprint density at radius 1 is 1.25 bits per heavy atom. The Morgan fingerprint density at radius 2 is 1.95 bits per heavy atom. The molecule has 0 aliphatic heterocycles. The van der Waals surface area contributed by atoms with Gasteiger partial charge in [0.2, 0.25) is 0 Å². The largest absolute Gasteiger partial charge is 0.383 e. The molecule has 0 radical (unpaired) electrons. The third-order valence-electron chi connectivity index (χ3n) is 2.93. The summed E-state index contributed by atoms with van der Waals surface area (Å²) in [6, 6.07) is 1.98. The second-order valence-corrected chi connectivity index (χ2v) is 4.84. The summed E-state index contributed by atoms with van der Waals surface area (Å²) < 4.78 is 2.59. The maximum atomic E-state index is 8.79. The first-order valence-electron chi connectivity index (χ1n) is 5.60. The standard InChI is InChI=1S/C12H8BrN7/c1-20-9(13)7(8-10(15)18-5-19-12(8)20)11-16-3-6(2-14)4-17-11/h3-5H,1H3,(H2,15,18,19). The van der Waals surface area contributed by atoms with Crippen molar-refractivity contribution in [3.63, 3.8) is 0 Å². The van der Waals surface area contributed by atoms with Gasteiger partial charge in [0.15, 0.2) is 5.82 Å². The minimum absolute atomic E-state index is 0.360. The zero-order valence-corrected chi connectivity index (χ0v) is 12.0. The van der Waals surface area contributed by atoms with Gasteiger partial charge in [0, 0.05) is 19.4 Å². The summed E-state index contributed by atoms with van der Waals surface area (Å²) in [5, 5.41) is 9.48. The first kappa shape index (κ1) is 12.5. The molecule has 98 valence electrons. The highest BCUT2D eigenvalue weighted by Crippen LogP contribution is 2.37. The van der Waals surface area contributed by atoms with Gasteiger partial charge < -0.3 is 10.3 Å². The van der Waals surface area contributed by atoms with Crippen molar-refractivity contribution in [3.8, 4) is 17.5 Å². The topological polar surface area (TPSA) is 106 Å². The highest BCUT2D eigenvalue weighted by molar-refractivity contribution is 9.10. The molecule has 3 heterocycles. The molecule has 3 aromatic rings. The first-order valence-corrected chi connectivity index (χ1v) is 6.39. The quantitative estimate of drug-likeness (QED) is 0.727. The number of anilines is 1. The van der Waals surface area contributed by atoms with Gasteiger partial charge >= 0.3 is 0 Å². The summed E-state index contributed by atoms with van der Waals surface area (Å²) in [6.07, 6.45) is 4.34. The van der Waals surface area contributed by atoms with Crippen LogP contribution in [0.5, 0.6) is 0 Å². The van der Waals surface area contributed by atoms with E-state index in [1.807, 2.05) is 17.7 Å². The fraction of sp³-hybridized carbons (Fsp3) is 0.0833. The molecule has 0 aliphatic carbocycles. The van der Waals surface area contributed by atoms with Crippen LogP contribution in [-0.2, 0) is 7.05 Å². The van der Waals surface area contributed by atoms with Crippen molar-refractivity contribution in [1.29, 1.82) is 5.26 Å². The van der Waals surface area contributed by atoms with Crippen molar-refractivity contribution < 1.29 is 0 Å². The third-order valence-corrected chi connectivity index (χ3v) is 3.86. The Labute approximate surface area is 122 Å². The normalized spacial score (nSPS) is 10.7. The van der Waals surface area contributed by atoms with Gasteiger partial charge in [-0.05, 0) is 15.9 Å². The number of aryl methyl sites for hydroxylation is 1. The number of rotatable bonds is 1. The number of halogens is 1. The Morgan fingerprint density at radius 3 is 2.60 bits per heavy atom. The van der Waals surface area contributed by atoms with E-state index in [1.54, 1.807) is 0 Å². The molecule has 0 bridgehead atoms. The smallest absolute Gasteiger partial charge is 0.162 e. The molecule has 0 fully saturated rings. The number of nitrogens with zero attached hydrogens (tertiary/aromatic N) is 6. The molecule has 0 aromatic carbocycles. The van der Waals surface area contributed by atoms with E-state index >= 15 is 0 Å². The molecule has 0 amide bonds. The molecule has 0 saturated carbocycles. The molecular weight excluding hydrogens is 322 g/mol. The molecule has 0 aliphatic rings. The number of aromatic nitrogens is 5. The minimum atomic E-state index is 0.360. The summed E-state index contributed by atoms with van der Waals surface area (Å²) in [7, 11) is 1.85. The zero-order valence-electron chi connectivity index (χ0n) is 10.4. The van der Waals surface area contributed by atoms with Crippen LogP contribution in [0.3, 0.4) is 0 Å². The van der Waals surface area contributed by atoms with Gasteiger partial charge in [-0.1, -0.05) is 0 Å². The van der Waals surface area contributed by atoms with Crippen LogP contribution in [0, 0.1) is 11.3 Å². The molecule has 3 rings (SSSR count). The van der Waals surface area contributed by atoms with Crippen LogP contribution in [0.4, 0.5) is 5.82 Å². The van der Waals surface area contributed by atoms with Gasteiger partial charge in [-0.3, -0.25) is 0 Å². The average molecular weight is 330 g/mol. The van der Waals surface area contributed by atoms with Crippen molar-refractivity contribution in [2.24, 2.45) is 7.05 Å². The van der Waals surface area contributed by atoms with E-state index < -0.39 is 0 Å². The van der Waals surface area contributed by atoms with Crippen LogP contribution in [0.25, 0.3) is 22.4 Å². The van der Waals surface area contributed by atoms with Crippen molar-refractivity contribution in [2.45, 2.75) is 0 Å². The lowest BCUT2D eigenvalue weighted by atomic mass is 10.2. The minimum Gasteiger partial charge on any atom is -0.383 e. The molecule has 20 heavy (non-hydrogen) atoms. The highest BCUT2D eigenvalue weighted by atomic mass is 79.9. The number of nitrogens with two attached hydrogens (primary N) is 1. The molecule has 2 N–H and O–H groups in total. The third kappa shape index (κ3) is 1.71. The Hall–Kier alpha value is -2.53. The number of nitriles is 1. The lowest BCUT2D eigenvalue weighted by Gasteiger charge is -2.00. The van der Waals surface area contributed by atoms with Gasteiger partial charge in [0.05, 0.1) is 21.1 Å². The zero-order chi connectivity index (χ0) is 14.3. The van der Waals surface area contributed by atoms with Crippen molar-refractivity contribution in [2.75, 3.05) is 5.73 Å². The van der Waals surface area contributed by atoms with Crippen LogP contribution in [-0.4, -0.2) is 24.5 Å². The van der Waals surface area contributed by atoms with Gasteiger partial charge in [-0.2, -0.15) is 5.26 Å². The van der Waals surface area contributed by atoms with Crippen LogP contribution in [0.15, 0.2) is 23.3 Å². The Balaban J connectivity index is 2.35. The fourth-order valence-corrected chi connectivity index (χ4v) is 2.51. The van der Waals surface area contributed by atoms with Gasteiger partial charge in [-0.25, -0.2) is 19.9 Å². The van der Waals surface area contributed by atoms with Gasteiger partial charge in [-0.15, -0.1) is 0 Å². The van der Waals surface area contributed by atoms with E-state index in [1.165, 1.54) is 18.7 Å². The SMILES string of the molecule is Cn1c(Br)c(-c2ncc(C#N)cn2)c2c(N)ncnc21. The monoisotopic (exact) mass is 329 g/mol. The second kappa shape index (κ2) is 4.54. The summed E-state index contributed by atoms with van der Waals surface area (Å²) >= 11 is 3.49. The fourth-order valence-electron chi connectivity index (χ4n) is 1.97. The number of hydrogen-bond donors (Lipinski definition) is 1. The number of fused-ring (bicyclic) bond motifs is 1. The molecule has 0 unspecified atom stereocenters. The molecule has 0 spiro atoms. The van der Waals surface area contributed by atoms with E-state index in [0.717, 1.165) is 4.60 Å². The van der Waals surface area contributed by atoms with E-state index in [-0.39, 0.29) is 0 Å². The molecular formula is C12H8BrN7. The Bertz CT molecular complexity index is 845. The highest BCUT2D eigenvalue weighted by Gasteiger charge is 2.20. The van der Waals surface area contributed by atoms with Crippen LogP contribution >= 0.6 is 15.9 Å². The second-order valence-electron chi connectivity index (χ2n) is 4.09. The van der Waals surface area contributed by atoms with E-state index in [9.17, 15) is 0 Å². The van der Waals surface area contributed by atoms with Crippen LogP contribution < -0.4 is 5.73 Å². The number of hydrogen-bond acceptors (Lipinski definition) is 6. The van der Waals surface area contributed by atoms with Crippen LogP contribution in [0.1, 0.15) is 5.56 Å². The van der Waals surface area contributed by atoms with Crippen molar-refractivity contribution in [1.82, 2.24) is 24.5 Å². The van der Waals surface area contributed by atoms with E-state index in [2.05, 4.69) is 35.9 Å². The van der Waals surface area contributed by atoms with Crippen LogP contribution in [0.2, 0.25) is 0 Å². The lowest BCUT2D eigenvalue weighted by molar-refractivity contribution is 0.918. The lowest BCUT2D eigenvalue weighted by Crippen LogP contribution is -1.95. The maximum Gasteiger partial charge on any atom is 0.162 e. The van der Waals surface area contributed by atoms with Crippen molar-refractivity contribution in [3.05, 3.63) is 28.9 Å². The van der Waals surface area contributed by atoms with E-state index in [0.29, 0.717) is 33.8 Å². The summed E-state index contributed by atoms with van der Waals surface area (Å²) in [6.45, 7) is 0. The average Bonchev–Trinajstić information content (AvgIpc) is 2.73. The summed E-state index contributed by atoms with van der Waals surface area (Å²) in [5.74, 6) is 0.822. The first-order chi connectivity index (χ1) is 9.63. The van der Waals surface area contributed by atoms with Gasteiger partial charge in [0.25, 0.3) is 0 Å². The summed E-state index contributed by atoms with van der Waals surface area (Å²) in [5.41, 5.74) is 7.74. The predicted octanol–water partition coefficient (Wildman–Crippen LogP) is 1.64. The summed E-state index contributed by atoms with van der Waals surface area (Å²) in [4.78, 5) is 16.6. The molecule has 0 atom stereocenters. The molecule has 0 saturated heterocycles. The maximum absolute atomic E-state index is 8.79. The molecule has 3 aromatic heterocycles. The molecule has 7 nitrogen and oxygen atoms in total. The number of nitrogen functional groups attached to an aromatic ring is 1. The van der Waals surface area contributed by atoms with Gasteiger partial charge in [0.1, 0.15) is 23.9 Å². The molecule has 8 heteroatoms. The predicted molar refractivity (Wildman–Crippen MR) is 76.4 cm³/mol. The van der Waals surface area contributed by atoms with E-state index in [4.69, 9.17) is 11.0 Å².